The highest BCUT2D eigenvalue weighted by molar-refractivity contribution is 5.87. The van der Waals surface area contributed by atoms with Crippen molar-refractivity contribution in [3.63, 3.8) is 0 Å². The van der Waals surface area contributed by atoms with Crippen LogP contribution in [0.2, 0.25) is 0 Å². The first-order chi connectivity index (χ1) is 12.8. The van der Waals surface area contributed by atoms with Gasteiger partial charge in [-0.2, -0.15) is 0 Å². The molecule has 4 heteroatoms. The molecule has 1 atom stereocenters. The Morgan fingerprint density at radius 2 is 1.56 bits per heavy atom. The number of amides is 1. The average molecular weight is 370 g/mol. The lowest BCUT2D eigenvalue weighted by Crippen LogP contribution is -2.61. The molecule has 1 aromatic carbocycles. The SMILES string of the molecule is C[C@H](OC(=O)C(C)(C)c1ccccc1)C(=O)NC12CC3CC(CC(C3)C1)C2. The minimum absolute atomic E-state index is 0.0541. The topological polar surface area (TPSA) is 55.4 Å². The molecule has 0 spiro atoms. The molecule has 27 heavy (non-hydrogen) atoms. The van der Waals surface area contributed by atoms with E-state index in [-0.39, 0.29) is 17.4 Å². The van der Waals surface area contributed by atoms with Gasteiger partial charge < -0.3 is 10.1 Å². The van der Waals surface area contributed by atoms with Crippen LogP contribution in [0.5, 0.6) is 0 Å². The lowest BCUT2D eigenvalue weighted by Gasteiger charge is -2.57. The second-order valence-electron chi connectivity index (χ2n) is 9.73. The molecule has 4 saturated carbocycles. The number of rotatable bonds is 5. The van der Waals surface area contributed by atoms with Crippen LogP contribution in [0.3, 0.4) is 0 Å². The normalized spacial score (nSPS) is 32.8. The Kier molecular flexibility index (Phi) is 4.56. The predicted octanol–water partition coefficient (Wildman–Crippen LogP) is 3.98. The molecule has 1 aromatic rings. The summed E-state index contributed by atoms with van der Waals surface area (Å²) < 4.78 is 5.59. The number of carbonyl (C=O) groups is 2. The number of nitrogens with one attached hydrogen (secondary N) is 1. The zero-order chi connectivity index (χ0) is 19.2. The van der Waals surface area contributed by atoms with Gasteiger partial charge in [-0.25, -0.2) is 0 Å². The summed E-state index contributed by atoms with van der Waals surface area (Å²) in [4.78, 5) is 25.6. The van der Waals surface area contributed by atoms with E-state index in [1.54, 1.807) is 6.92 Å². The van der Waals surface area contributed by atoms with Crippen molar-refractivity contribution in [3.05, 3.63) is 35.9 Å². The first kappa shape index (κ1) is 18.5. The molecule has 1 amide bonds. The molecule has 4 aliphatic carbocycles. The highest BCUT2D eigenvalue weighted by Crippen LogP contribution is 2.55. The zero-order valence-corrected chi connectivity index (χ0v) is 16.7. The molecular weight excluding hydrogens is 338 g/mol. The van der Waals surface area contributed by atoms with E-state index in [0.29, 0.717) is 0 Å². The van der Waals surface area contributed by atoms with E-state index in [2.05, 4.69) is 5.32 Å². The van der Waals surface area contributed by atoms with Crippen molar-refractivity contribution in [3.8, 4) is 0 Å². The van der Waals surface area contributed by atoms with Gasteiger partial charge in [0.1, 0.15) is 0 Å². The number of ether oxygens (including phenoxy) is 1. The van der Waals surface area contributed by atoms with Gasteiger partial charge in [0.05, 0.1) is 5.41 Å². The summed E-state index contributed by atoms with van der Waals surface area (Å²) >= 11 is 0. The Labute approximate surface area is 162 Å². The maximum absolute atomic E-state index is 12.8. The molecule has 0 unspecified atom stereocenters. The third-order valence-electron chi connectivity index (χ3n) is 7.09. The van der Waals surface area contributed by atoms with Gasteiger partial charge in [-0.05, 0) is 82.6 Å². The smallest absolute Gasteiger partial charge is 0.316 e. The van der Waals surface area contributed by atoms with Gasteiger partial charge in [0.25, 0.3) is 5.91 Å². The largest absolute Gasteiger partial charge is 0.452 e. The van der Waals surface area contributed by atoms with E-state index in [1.165, 1.54) is 19.3 Å². The molecule has 0 aromatic heterocycles. The number of benzene rings is 1. The molecule has 4 fully saturated rings. The molecule has 0 saturated heterocycles. The number of carbonyl (C=O) groups excluding carboxylic acids is 2. The fourth-order valence-corrected chi connectivity index (χ4v) is 5.96. The van der Waals surface area contributed by atoms with E-state index in [0.717, 1.165) is 42.6 Å². The standard InChI is InChI=1S/C23H31NO3/c1-15(27-21(26)22(2,3)19-7-5-4-6-8-19)20(25)24-23-12-16-9-17(13-23)11-18(10-16)14-23/h4-8,15-18H,9-14H2,1-3H3,(H,24,25)/t15-,16?,17?,18?,23?/m0/s1. The van der Waals surface area contributed by atoms with Crippen molar-refractivity contribution in [1.82, 2.24) is 5.32 Å². The van der Waals surface area contributed by atoms with Gasteiger partial charge in [0.15, 0.2) is 6.10 Å². The summed E-state index contributed by atoms with van der Waals surface area (Å²) in [5.74, 6) is 1.81. The summed E-state index contributed by atoms with van der Waals surface area (Å²) in [5.41, 5.74) is 0.0569. The van der Waals surface area contributed by atoms with Crippen LogP contribution in [-0.2, 0) is 19.7 Å². The first-order valence-corrected chi connectivity index (χ1v) is 10.4. The quantitative estimate of drug-likeness (QED) is 0.799. The van der Waals surface area contributed by atoms with Gasteiger partial charge >= 0.3 is 5.97 Å². The van der Waals surface area contributed by atoms with Crippen LogP contribution in [0.15, 0.2) is 30.3 Å². The maximum atomic E-state index is 12.8. The van der Waals surface area contributed by atoms with Crippen LogP contribution in [0.1, 0.15) is 64.9 Å². The Hall–Kier alpha value is -1.84. The Morgan fingerprint density at radius 3 is 2.07 bits per heavy atom. The molecule has 0 radical (unpaired) electrons. The number of hydrogen-bond acceptors (Lipinski definition) is 3. The minimum atomic E-state index is -0.781. The second kappa shape index (κ2) is 6.65. The summed E-state index contributed by atoms with van der Waals surface area (Å²) in [5, 5.41) is 3.30. The molecule has 1 N–H and O–H groups in total. The van der Waals surface area contributed by atoms with Crippen LogP contribution in [0.4, 0.5) is 0 Å². The fraction of sp³-hybridized carbons (Fsp3) is 0.652. The number of esters is 1. The van der Waals surface area contributed by atoms with Crippen molar-refractivity contribution in [2.75, 3.05) is 0 Å². The van der Waals surface area contributed by atoms with E-state index in [4.69, 9.17) is 4.74 Å². The Balaban J connectivity index is 1.39. The predicted molar refractivity (Wildman–Crippen MR) is 104 cm³/mol. The summed E-state index contributed by atoms with van der Waals surface area (Å²) in [7, 11) is 0. The van der Waals surface area contributed by atoms with Crippen LogP contribution in [-0.4, -0.2) is 23.5 Å². The third-order valence-corrected chi connectivity index (χ3v) is 7.09. The molecule has 5 rings (SSSR count). The lowest BCUT2D eigenvalue weighted by atomic mass is 9.53. The Morgan fingerprint density at radius 1 is 1.04 bits per heavy atom. The van der Waals surface area contributed by atoms with Crippen LogP contribution in [0.25, 0.3) is 0 Å². The van der Waals surface area contributed by atoms with E-state index in [9.17, 15) is 9.59 Å². The summed E-state index contributed by atoms with van der Waals surface area (Å²) in [6, 6.07) is 9.58. The van der Waals surface area contributed by atoms with Gasteiger partial charge in [-0.3, -0.25) is 9.59 Å². The van der Waals surface area contributed by atoms with Crippen molar-refractivity contribution in [2.45, 2.75) is 76.4 Å². The molecule has 146 valence electrons. The second-order valence-corrected chi connectivity index (χ2v) is 9.73. The highest BCUT2D eigenvalue weighted by Gasteiger charge is 2.52. The number of hydrogen-bond donors (Lipinski definition) is 1. The van der Waals surface area contributed by atoms with Crippen LogP contribution < -0.4 is 5.32 Å². The van der Waals surface area contributed by atoms with Crippen molar-refractivity contribution in [2.24, 2.45) is 17.8 Å². The van der Waals surface area contributed by atoms with Crippen LogP contribution in [0, 0.1) is 17.8 Å². The average Bonchev–Trinajstić information content (AvgIpc) is 2.60. The fourth-order valence-electron chi connectivity index (χ4n) is 5.96. The van der Waals surface area contributed by atoms with E-state index < -0.39 is 11.5 Å². The minimum Gasteiger partial charge on any atom is -0.452 e. The van der Waals surface area contributed by atoms with Crippen molar-refractivity contribution in [1.29, 1.82) is 0 Å². The van der Waals surface area contributed by atoms with Gasteiger partial charge in [0, 0.05) is 5.54 Å². The molecule has 4 aliphatic rings. The van der Waals surface area contributed by atoms with Gasteiger partial charge in [-0.15, -0.1) is 0 Å². The van der Waals surface area contributed by atoms with E-state index >= 15 is 0 Å². The maximum Gasteiger partial charge on any atom is 0.316 e. The monoisotopic (exact) mass is 369 g/mol. The third kappa shape index (κ3) is 3.51. The zero-order valence-electron chi connectivity index (χ0n) is 16.7. The molecule has 4 nitrogen and oxygen atoms in total. The molecular formula is C23H31NO3. The molecule has 0 aliphatic heterocycles. The summed E-state index contributed by atoms with van der Waals surface area (Å²) in [6.45, 7) is 5.37. The van der Waals surface area contributed by atoms with Gasteiger partial charge in [0.2, 0.25) is 0 Å². The molecule has 4 bridgehead atoms. The van der Waals surface area contributed by atoms with Crippen molar-refractivity contribution < 1.29 is 14.3 Å². The summed E-state index contributed by atoms with van der Waals surface area (Å²) in [6.07, 6.45) is 6.54. The molecule has 0 heterocycles. The van der Waals surface area contributed by atoms with Crippen LogP contribution >= 0.6 is 0 Å². The van der Waals surface area contributed by atoms with E-state index in [1.807, 2.05) is 44.2 Å². The van der Waals surface area contributed by atoms with Gasteiger partial charge in [-0.1, -0.05) is 30.3 Å². The Bertz CT molecular complexity index is 689. The lowest BCUT2D eigenvalue weighted by molar-refractivity contribution is -0.161. The first-order valence-electron chi connectivity index (χ1n) is 10.4. The highest BCUT2D eigenvalue weighted by atomic mass is 16.5. The van der Waals surface area contributed by atoms with Crippen molar-refractivity contribution >= 4 is 11.9 Å².